The lowest BCUT2D eigenvalue weighted by molar-refractivity contribution is -0.114. The predicted octanol–water partition coefficient (Wildman–Crippen LogP) is 2.08. The van der Waals surface area contributed by atoms with Crippen molar-refractivity contribution in [3.8, 4) is 0 Å². The Kier molecular flexibility index (Phi) is 4.01. The zero-order valence-electron chi connectivity index (χ0n) is 7.85. The lowest BCUT2D eigenvalue weighted by Gasteiger charge is -2.12. The minimum atomic E-state index is -0.295. The first-order valence-electron chi connectivity index (χ1n) is 3.98. The van der Waals surface area contributed by atoms with E-state index >= 15 is 0 Å². The lowest BCUT2D eigenvalue weighted by atomic mass is 9.96. The Morgan fingerprint density at radius 1 is 1.55 bits per heavy atom. The maximum Gasteiger partial charge on any atom is 0.127 e. The summed E-state index contributed by atoms with van der Waals surface area (Å²) in [7, 11) is 0. The first-order chi connectivity index (χ1) is 5.02. The van der Waals surface area contributed by atoms with Crippen LogP contribution >= 0.6 is 0 Å². The van der Waals surface area contributed by atoms with E-state index in [-0.39, 0.29) is 5.41 Å². The van der Waals surface area contributed by atoms with Crippen LogP contribution in [-0.2, 0) is 4.79 Å². The van der Waals surface area contributed by atoms with Crippen molar-refractivity contribution in [1.29, 1.82) is 0 Å². The van der Waals surface area contributed by atoms with Gasteiger partial charge in [-0.2, -0.15) is 0 Å². The normalized spacial score (nSPS) is 13.3. The Labute approximate surface area is 68.7 Å². The maximum atomic E-state index is 10.5. The molecule has 0 aromatic heterocycles. The van der Waals surface area contributed by atoms with Crippen molar-refractivity contribution in [3.05, 3.63) is 0 Å². The van der Waals surface area contributed by atoms with E-state index in [1.54, 1.807) is 0 Å². The summed E-state index contributed by atoms with van der Waals surface area (Å²) in [5, 5.41) is 0. The van der Waals surface area contributed by atoms with Gasteiger partial charge in [0.25, 0.3) is 0 Å². The first kappa shape index (κ1) is 10.3. The van der Waals surface area contributed by atoms with Crippen LogP contribution in [0.15, 0.2) is 4.99 Å². The van der Waals surface area contributed by atoms with Crippen LogP contribution in [0.1, 0.15) is 34.1 Å². The number of carbonyl (C=O) groups is 1. The van der Waals surface area contributed by atoms with Crippen LogP contribution in [0, 0.1) is 5.41 Å². The molecule has 0 rings (SSSR count). The molecule has 2 nitrogen and oxygen atoms in total. The maximum absolute atomic E-state index is 10.5. The van der Waals surface area contributed by atoms with Gasteiger partial charge in [0.1, 0.15) is 6.29 Å². The summed E-state index contributed by atoms with van der Waals surface area (Å²) in [4.78, 5) is 14.7. The fraction of sp³-hybridized carbons (Fsp3) is 0.778. The molecular formula is C9H17NO. The van der Waals surface area contributed by atoms with Gasteiger partial charge >= 0.3 is 0 Å². The van der Waals surface area contributed by atoms with E-state index in [1.807, 2.05) is 20.8 Å². The van der Waals surface area contributed by atoms with Gasteiger partial charge in [0, 0.05) is 11.1 Å². The molecule has 0 aliphatic heterocycles. The predicted molar refractivity (Wildman–Crippen MR) is 48.1 cm³/mol. The van der Waals surface area contributed by atoms with Crippen molar-refractivity contribution in [2.24, 2.45) is 10.4 Å². The van der Waals surface area contributed by atoms with Gasteiger partial charge in [-0.05, 0) is 13.3 Å². The fourth-order valence-electron chi connectivity index (χ4n) is 0.488. The molecular weight excluding hydrogens is 138 g/mol. The van der Waals surface area contributed by atoms with Gasteiger partial charge in [-0.15, -0.1) is 0 Å². The molecule has 11 heavy (non-hydrogen) atoms. The highest BCUT2D eigenvalue weighted by Gasteiger charge is 2.14. The molecule has 0 bridgehead atoms. The summed E-state index contributed by atoms with van der Waals surface area (Å²) in [5.41, 5.74) is 0.816. The molecule has 64 valence electrons. The summed E-state index contributed by atoms with van der Waals surface area (Å²) in [6.07, 6.45) is 1.92. The average molecular weight is 155 g/mol. The lowest BCUT2D eigenvalue weighted by Crippen LogP contribution is -2.17. The Bertz CT molecular complexity index is 159. The number of carbonyl (C=O) groups excluding carboxylic acids is 1. The van der Waals surface area contributed by atoms with E-state index in [0.29, 0.717) is 6.54 Å². The van der Waals surface area contributed by atoms with Crippen LogP contribution < -0.4 is 0 Å². The van der Waals surface area contributed by atoms with Crippen LogP contribution in [0.3, 0.4) is 0 Å². The average Bonchev–Trinajstić information content (AvgIpc) is 2.00. The summed E-state index contributed by atoms with van der Waals surface area (Å²) < 4.78 is 0. The van der Waals surface area contributed by atoms with Gasteiger partial charge < -0.3 is 4.79 Å². The highest BCUT2D eigenvalue weighted by molar-refractivity contribution is 5.81. The molecule has 0 unspecified atom stereocenters. The molecule has 0 radical (unpaired) electrons. The molecule has 0 aromatic carbocycles. The molecule has 0 N–H and O–H groups in total. The van der Waals surface area contributed by atoms with Crippen molar-refractivity contribution in [2.75, 3.05) is 6.54 Å². The molecule has 0 spiro atoms. The number of aldehydes is 1. The van der Waals surface area contributed by atoms with Crippen molar-refractivity contribution in [2.45, 2.75) is 34.1 Å². The topological polar surface area (TPSA) is 29.4 Å². The molecule has 0 aliphatic rings. The molecule has 2 heteroatoms. The second-order valence-corrected chi connectivity index (χ2v) is 3.51. The molecule has 0 aliphatic carbocycles. The Hall–Kier alpha value is -0.660. The minimum absolute atomic E-state index is 0.295. The van der Waals surface area contributed by atoms with Gasteiger partial charge in [0.2, 0.25) is 0 Å². The van der Waals surface area contributed by atoms with Gasteiger partial charge in [0.15, 0.2) is 0 Å². The summed E-state index contributed by atoms with van der Waals surface area (Å²) in [5.74, 6) is 0. The number of aliphatic imine (C=N–C) groups is 1. The van der Waals surface area contributed by atoms with E-state index in [2.05, 4.69) is 11.9 Å². The van der Waals surface area contributed by atoms with Crippen LogP contribution in [0.25, 0.3) is 0 Å². The number of rotatable bonds is 4. The molecule has 0 heterocycles. The molecule has 0 amide bonds. The van der Waals surface area contributed by atoms with Gasteiger partial charge in [-0.1, -0.05) is 20.8 Å². The third kappa shape index (κ3) is 4.71. The fourth-order valence-corrected chi connectivity index (χ4v) is 0.488. The second-order valence-electron chi connectivity index (χ2n) is 3.51. The minimum Gasteiger partial charge on any atom is -0.303 e. The second kappa shape index (κ2) is 4.27. The van der Waals surface area contributed by atoms with Crippen molar-refractivity contribution < 1.29 is 4.79 Å². The highest BCUT2D eigenvalue weighted by Crippen LogP contribution is 2.10. The van der Waals surface area contributed by atoms with E-state index in [9.17, 15) is 4.79 Å². The molecule has 0 saturated heterocycles. The standard InChI is InChI=1S/C9H17NO/c1-5-8(2)10-6-9(3,4)7-11/h7H,5-6H2,1-4H3. The number of hydrogen-bond donors (Lipinski definition) is 0. The monoisotopic (exact) mass is 155 g/mol. The third-order valence-corrected chi connectivity index (χ3v) is 1.59. The number of nitrogens with zero attached hydrogens (tertiary/aromatic N) is 1. The SMILES string of the molecule is CCC(C)=NCC(C)(C)C=O. The Balaban J connectivity index is 3.96. The van der Waals surface area contributed by atoms with Crippen LogP contribution in [0.5, 0.6) is 0 Å². The molecule has 0 fully saturated rings. The molecule has 0 atom stereocenters. The van der Waals surface area contributed by atoms with Crippen LogP contribution in [0.2, 0.25) is 0 Å². The highest BCUT2D eigenvalue weighted by atomic mass is 16.1. The van der Waals surface area contributed by atoms with Gasteiger partial charge in [-0.25, -0.2) is 0 Å². The quantitative estimate of drug-likeness (QED) is 0.451. The first-order valence-corrected chi connectivity index (χ1v) is 3.98. The Morgan fingerprint density at radius 2 is 2.09 bits per heavy atom. The van der Waals surface area contributed by atoms with E-state index in [4.69, 9.17) is 0 Å². The van der Waals surface area contributed by atoms with Crippen molar-refractivity contribution in [3.63, 3.8) is 0 Å². The van der Waals surface area contributed by atoms with Gasteiger partial charge in [0.05, 0.1) is 6.54 Å². The van der Waals surface area contributed by atoms with E-state index < -0.39 is 0 Å². The van der Waals surface area contributed by atoms with E-state index in [0.717, 1.165) is 18.4 Å². The number of hydrogen-bond acceptors (Lipinski definition) is 2. The molecule has 0 aromatic rings. The molecule has 0 saturated carbocycles. The third-order valence-electron chi connectivity index (χ3n) is 1.59. The zero-order chi connectivity index (χ0) is 8.91. The summed E-state index contributed by atoms with van der Waals surface area (Å²) in [6, 6.07) is 0. The van der Waals surface area contributed by atoms with Crippen molar-refractivity contribution >= 4 is 12.0 Å². The smallest absolute Gasteiger partial charge is 0.127 e. The largest absolute Gasteiger partial charge is 0.303 e. The Morgan fingerprint density at radius 3 is 2.45 bits per heavy atom. The van der Waals surface area contributed by atoms with Crippen molar-refractivity contribution in [1.82, 2.24) is 0 Å². The summed E-state index contributed by atoms with van der Waals surface area (Å²) >= 11 is 0. The zero-order valence-corrected chi connectivity index (χ0v) is 7.85. The van der Waals surface area contributed by atoms with Crippen LogP contribution in [-0.4, -0.2) is 18.5 Å². The van der Waals surface area contributed by atoms with Gasteiger partial charge in [-0.3, -0.25) is 4.99 Å². The van der Waals surface area contributed by atoms with Crippen LogP contribution in [0.4, 0.5) is 0 Å². The summed E-state index contributed by atoms with van der Waals surface area (Å²) in [6.45, 7) is 8.45. The van der Waals surface area contributed by atoms with E-state index in [1.165, 1.54) is 0 Å².